The molecule has 0 spiro atoms. The van der Waals surface area contributed by atoms with E-state index < -0.39 is 0 Å². The van der Waals surface area contributed by atoms with Gasteiger partial charge < -0.3 is 15.8 Å². The highest BCUT2D eigenvalue weighted by molar-refractivity contribution is 14.0. The largest absolute Gasteiger partial charge is 0.379 e. The van der Waals surface area contributed by atoms with Crippen molar-refractivity contribution in [3.63, 3.8) is 0 Å². The molecule has 3 N–H and O–H groups in total. The van der Waals surface area contributed by atoms with E-state index in [1.54, 1.807) is 0 Å². The van der Waals surface area contributed by atoms with Gasteiger partial charge in [0.1, 0.15) is 5.82 Å². The minimum atomic E-state index is -0.237. The van der Waals surface area contributed by atoms with Crippen molar-refractivity contribution in [3.8, 4) is 0 Å². The van der Waals surface area contributed by atoms with Crippen LogP contribution in [0.15, 0.2) is 53.5 Å². The van der Waals surface area contributed by atoms with Crippen LogP contribution in [0.2, 0.25) is 0 Å². The Morgan fingerprint density at radius 1 is 1.22 bits per heavy atom. The zero-order valence-corrected chi connectivity index (χ0v) is 17.7. The predicted molar refractivity (Wildman–Crippen MR) is 118 cm³/mol. The lowest BCUT2D eigenvalue weighted by molar-refractivity contribution is 0.0180. The summed E-state index contributed by atoms with van der Waals surface area (Å²) in [7, 11) is 0. The molecule has 2 aromatic rings. The highest BCUT2D eigenvalue weighted by atomic mass is 127. The van der Waals surface area contributed by atoms with Crippen LogP contribution in [-0.4, -0.2) is 43.7 Å². The molecular weight excluding hydrogens is 458 g/mol. The highest BCUT2D eigenvalue weighted by Crippen LogP contribution is 2.23. The van der Waals surface area contributed by atoms with Gasteiger partial charge in [-0.25, -0.2) is 4.39 Å². The number of aliphatic imine (C=N–C) groups is 1. The number of halogens is 2. The van der Waals surface area contributed by atoms with Crippen LogP contribution in [0.1, 0.15) is 17.2 Å². The maximum absolute atomic E-state index is 13.3. The number of benzene rings is 2. The fourth-order valence-corrected chi connectivity index (χ4v) is 3.10. The second kappa shape index (κ2) is 10.6. The van der Waals surface area contributed by atoms with Crippen LogP contribution in [0.4, 0.5) is 10.1 Å². The molecule has 0 saturated carbocycles. The first-order valence-electron chi connectivity index (χ1n) is 8.83. The van der Waals surface area contributed by atoms with E-state index in [-0.39, 0.29) is 35.8 Å². The fourth-order valence-electron chi connectivity index (χ4n) is 3.10. The van der Waals surface area contributed by atoms with Crippen molar-refractivity contribution in [1.29, 1.82) is 0 Å². The molecule has 5 nitrogen and oxygen atoms in total. The Balaban J connectivity index is 0.00000261. The molecule has 1 saturated heterocycles. The SMILES string of the molecule is Cc1cccc(NC(N)=NCC(c2ccc(F)cc2)N2CCOCC2)c1.I. The number of aryl methyl sites for hydroxylation is 1. The Morgan fingerprint density at radius 2 is 1.93 bits per heavy atom. The van der Waals surface area contributed by atoms with Crippen LogP contribution in [0.5, 0.6) is 0 Å². The maximum atomic E-state index is 13.3. The number of nitrogens with zero attached hydrogens (tertiary/aromatic N) is 2. The van der Waals surface area contributed by atoms with Gasteiger partial charge in [0.15, 0.2) is 5.96 Å². The summed E-state index contributed by atoms with van der Waals surface area (Å²) in [4.78, 5) is 6.84. The predicted octanol–water partition coefficient (Wildman–Crippen LogP) is 3.55. The first-order valence-corrected chi connectivity index (χ1v) is 8.83. The van der Waals surface area contributed by atoms with Crippen LogP contribution >= 0.6 is 24.0 Å². The van der Waals surface area contributed by atoms with E-state index in [0.717, 1.165) is 29.9 Å². The average molecular weight is 484 g/mol. The fraction of sp³-hybridized carbons (Fsp3) is 0.350. The van der Waals surface area contributed by atoms with Gasteiger partial charge >= 0.3 is 0 Å². The Bertz CT molecular complexity index is 748. The van der Waals surface area contributed by atoms with Crippen molar-refractivity contribution in [3.05, 3.63) is 65.5 Å². The summed E-state index contributed by atoms with van der Waals surface area (Å²) in [5.74, 6) is 0.134. The van der Waals surface area contributed by atoms with Crippen molar-refractivity contribution < 1.29 is 9.13 Å². The molecule has 2 aromatic carbocycles. The first kappa shape index (κ1) is 21.6. The minimum Gasteiger partial charge on any atom is -0.379 e. The third-order valence-electron chi connectivity index (χ3n) is 4.47. The second-order valence-corrected chi connectivity index (χ2v) is 6.44. The Morgan fingerprint density at radius 3 is 2.59 bits per heavy atom. The quantitative estimate of drug-likeness (QED) is 0.387. The van der Waals surface area contributed by atoms with Crippen LogP contribution in [-0.2, 0) is 4.74 Å². The molecule has 146 valence electrons. The van der Waals surface area contributed by atoms with Crippen molar-refractivity contribution >= 4 is 35.6 Å². The Hall–Kier alpha value is -1.71. The zero-order chi connectivity index (χ0) is 18.4. The van der Waals surface area contributed by atoms with E-state index in [1.165, 1.54) is 12.1 Å². The smallest absolute Gasteiger partial charge is 0.193 e. The van der Waals surface area contributed by atoms with Crippen LogP contribution in [0.3, 0.4) is 0 Å². The summed E-state index contributed by atoms with van der Waals surface area (Å²) >= 11 is 0. The summed E-state index contributed by atoms with van der Waals surface area (Å²) in [6.07, 6.45) is 0. The third kappa shape index (κ3) is 6.44. The zero-order valence-electron chi connectivity index (χ0n) is 15.4. The van der Waals surface area contributed by atoms with Crippen LogP contribution in [0, 0.1) is 12.7 Å². The summed E-state index contributed by atoms with van der Waals surface area (Å²) in [6.45, 7) is 5.56. The van der Waals surface area contributed by atoms with E-state index in [2.05, 4.69) is 15.2 Å². The van der Waals surface area contributed by atoms with Gasteiger partial charge in [-0.15, -0.1) is 24.0 Å². The van der Waals surface area contributed by atoms with Gasteiger partial charge in [0.2, 0.25) is 0 Å². The molecule has 1 aliphatic heterocycles. The molecule has 1 aliphatic rings. The van der Waals surface area contributed by atoms with E-state index >= 15 is 0 Å². The van der Waals surface area contributed by atoms with Gasteiger partial charge in [0, 0.05) is 18.8 Å². The number of guanidine groups is 1. The van der Waals surface area contributed by atoms with Crippen LogP contribution in [0.25, 0.3) is 0 Å². The van der Waals surface area contributed by atoms with Crippen molar-refractivity contribution in [1.82, 2.24) is 4.90 Å². The van der Waals surface area contributed by atoms with Crippen molar-refractivity contribution in [2.75, 3.05) is 38.2 Å². The first-order chi connectivity index (χ1) is 12.6. The lowest BCUT2D eigenvalue weighted by Gasteiger charge is -2.34. The summed E-state index contributed by atoms with van der Waals surface area (Å²) in [5, 5.41) is 3.13. The molecule has 7 heteroatoms. The number of ether oxygens (including phenoxy) is 1. The minimum absolute atomic E-state index is 0. The van der Waals surface area contributed by atoms with Gasteiger partial charge in [0.25, 0.3) is 0 Å². The molecule has 0 amide bonds. The molecule has 27 heavy (non-hydrogen) atoms. The van der Waals surface area contributed by atoms with E-state index in [0.29, 0.717) is 25.7 Å². The molecule has 0 radical (unpaired) electrons. The number of morpholine rings is 1. The Labute approximate surface area is 176 Å². The lowest BCUT2D eigenvalue weighted by Crippen LogP contribution is -2.40. The van der Waals surface area contributed by atoms with Gasteiger partial charge in [-0.05, 0) is 42.3 Å². The average Bonchev–Trinajstić information content (AvgIpc) is 2.64. The van der Waals surface area contributed by atoms with Crippen LogP contribution < -0.4 is 11.1 Å². The van der Waals surface area contributed by atoms with Crippen molar-refractivity contribution in [2.24, 2.45) is 10.7 Å². The van der Waals surface area contributed by atoms with Gasteiger partial charge in [-0.1, -0.05) is 24.3 Å². The number of hydrogen-bond donors (Lipinski definition) is 2. The lowest BCUT2D eigenvalue weighted by atomic mass is 10.0. The van der Waals surface area contributed by atoms with Gasteiger partial charge in [-0.3, -0.25) is 9.89 Å². The number of anilines is 1. The van der Waals surface area contributed by atoms with E-state index in [4.69, 9.17) is 10.5 Å². The van der Waals surface area contributed by atoms with Gasteiger partial charge in [0.05, 0.1) is 25.8 Å². The van der Waals surface area contributed by atoms with E-state index in [9.17, 15) is 4.39 Å². The molecule has 1 atom stereocenters. The molecule has 1 unspecified atom stereocenters. The summed E-state index contributed by atoms with van der Waals surface area (Å²) < 4.78 is 18.7. The maximum Gasteiger partial charge on any atom is 0.193 e. The summed E-state index contributed by atoms with van der Waals surface area (Å²) in [5.41, 5.74) is 9.17. The second-order valence-electron chi connectivity index (χ2n) is 6.44. The number of rotatable bonds is 5. The standard InChI is InChI=1S/C20H25FN4O.HI/c1-15-3-2-4-18(13-15)24-20(22)23-14-19(25-9-11-26-12-10-25)16-5-7-17(21)8-6-16;/h2-8,13,19H,9-12,14H2,1H3,(H3,22,23,24);1H. The molecule has 1 heterocycles. The number of hydrogen-bond acceptors (Lipinski definition) is 3. The molecule has 1 fully saturated rings. The molecule has 0 bridgehead atoms. The van der Waals surface area contributed by atoms with Gasteiger partial charge in [-0.2, -0.15) is 0 Å². The number of nitrogens with two attached hydrogens (primary N) is 1. The van der Waals surface area contributed by atoms with E-state index in [1.807, 2.05) is 43.3 Å². The monoisotopic (exact) mass is 484 g/mol. The molecule has 0 aliphatic carbocycles. The molecule has 3 rings (SSSR count). The molecular formula is C20H26FIN4O. The Kier molecular flexibility index (Phi) is 8.46. The topological polar surface area (TPSA) is 62.9 Å². The molecule has 0 aromatic heterocycles. The third-order valence-corrected chi connectivity index (χ3v) is 4.47. The van der Waals surface area contributed by atoms with Crippen molar-refractivity contribution in [2.45, 2.75) is 13.0 Å². The number of nitrogens with one attached hydrogen (secondary N) is 1. The normalized spacial score (nSPS) is 16.4. The highest BCUT2D eigenvalue weighted by Gasteiger charge is 2.22. The summed E-state index contributed by atoms with van der Waals surface area (Å²) in [6, 6.07) is 14.6.